The van der Waals surface area contributed by atoms with Crippen molar-refractivity contribution in [3.05, 3.63) is 18.2 Å². The van der Waals surface area contributed by atoms with E-state index in [1.54, 1.807) is 14.2 Å². The summed E-state index contributed by atoms with van der Waals surface area (Å²) in [4.78, 5) is 8.31. The Balaban J connectivity index is 2.69. The molecule has 0 saturated carbocycles. The Morgan fingerprint density at radius 2 is 1.75 bits per heavy atom. The summed E-state index contributed by atoms with van der Waals surface area (Å²) in [7, 11) is 4.68. The van der Waals surface area contributed by atoms with Crippen LogP contribution in [0, 0.1) is 0 Å². The van der Waals surface area contributed by atoms with Gasteiger partial charge in [0.25, 0.3) is 0 Å². The maximum Gasteiger partial charge on any atom is 0.320 e. The minimum absolute atomic E-state index is 0.287. The first kappa shape index (κ1) is 10.5. The third kappa shape index (κ3) is 1.71. The molecule has 0 aliphatic rings. The van der Waals surface area contributed by atoms with E-state index in [-0.39, 0.29) is 6.01 Å². The molecule has 84 valence electrons. The van der Waals surface area contributed by atoms with E-state index >= 15 is 0 Å². The average Bonchev–Trinajstić information content (AvgIpc) is 2.36. The van der Waals surface area contributed by atoms with E-state index in [1.807, 2.05) is 18.2 Å². The smallest absolute Gasteiger partial charge is 0.320 e. The molecular weight excluding hydrogens is 208 g/mol. The Hall–Kier alpha value is -2.04. The highest BCUT2D eigenvalue weighted by Gasteiger charge is 2.09. The molecule has 0 bridgehead atoms. The Bertz CT molecular complexity index is 514. The molecule has 0 fully saturated rings. The topological polar surface area (TPSA) is 53.5 Å². The molecule has 5 heteroatoms. The van der Waals surface area contributed by atoms with E-state index < -0.39 is 0 Å². The number of methoxy groups -OCH3 is 3. The van der Waals surface area contributed by atoms with Crippen LogP contribution >= 0.6 is 0 Å². The van der Waals surface area contributed by atoms with Crippen LogP contribution in [-0.4, -0.2) is 31.3 Å². The fraction of sp³-hybridized carbons (Fsp3) is 0.273. The van der Waals surface area contributed by atoms with Gasteiger partial charge >= 0.3 is 6.01 Å². The summed E-state index contributed by atoms with van der Waals surface area (Å²) in [6, 6.07) is 5.78. The van der Waals surface area contributed by atoms with Crippen molar-refractivity contribution in [2.24, 2.45) is 0 Å². The van der Waals surface area contributed by atoms with Gasteiger partial charge in [-0.2, -0.15) is 9.97 Å². The minimum atomic E-state index is 0.287. The number of benzene rings is 1. The molecule has 0 amide bonds. The number of ether oxygens (including phenoxy) is 3. The van der Waals surface area contributed by atoms with Gasteiger partial charge in [0.1, 0.15) is 5.75 Å². The third-order valence-electron chi connectivity index (χ3n) is 2.22. The van der Waals surface area contributed by atoms with Gasteiger partial charge in [0.15, 0.2) is 0 Å². The summed E-state index contributed by atoms with van der Waals surface area (Å²) >= 11 is 0. The fourth-order valence-electron chi connectivity index (χ4n) is 1.43. The first-order valence-corrected chi connectivity index (χ1v) is 4.72. The number of rotatable bonds is 3. The predicted molar refractivity (Wildman–Crippen MR) is 59.2 cm³/mol. The molecule has 0 atom stereocenters. The molecule has 0 unspecified atom stereocenters. The molecule has 1 aromatic carbocycles. The van der Waals surface area contributed by atoms with Crippen LogP contribution in [0.2, 0.25) is 0 Å². The summed E-state index contributed by atoms with van der Waals surface area (Å²) in [6.45, 7) is 0. The van der Waals surface area contributed by atoms with Crippen LogP contribution in [0.5, 0.6) is 17.6 Å². The lowest BCUT2D eigenvalue weighted by molar-refractivity contribution is 0.356. The lowest BCUT2D eigenvalue weighted by atomic mass is 10.2. The number of nitrogens with zero attached hydrogens (tertiary/aromatic N) is 2. The summed E-state index contributed by atoms with van der Waals surface area (Å²) in [5, 5.41) is 0.794. The largest absolute Gasteiger partial charge is 0.497 e. The minimum Gasteiger partial charge on any atom is -0.497 e. The fourth-order valence-corrected chi connectivity index (χ4v) is 1.43. The van der Waals surface area contributed by atoms with Gasteiger partial charge in [-0.05, 0) is 18.2 Å². The maximum absolute atomic E-state index is 5.18. The van der Waals surface area contributed by atoms with Crippen LogP contribution in [0.15, 0.2) is 18.2 Å². The summed E-state index contributed by atoms with van der Waals surface area (Å²) in [5.74, 6) is 1.21. The predicted octanol–water partition coefficient (Wildman–Crippen LogP) is 1.66. The van der Waals surface area contributed by atoms with Crippen LogP contribution < -0.4 is 14.2 Å². The van der Waals surface area contributed by atoms with Crippen molar-refractivity contribution < 1.29 is 14.2 Å². The van der Waals surface area contributed by atoms with Gasteiger partial charge in [0, 0.05) is 0 Å². The molecule has 0 radical (unpaired) electrons. The summed E-state index contributed by atoms with van der Waals surface area (Å²) in [6.07, 6.45) is 0. The van der Waals surface area contributed by atoms with Gasteiger partial charge in [-0.15, -0.1) is 0 Å². The quantitative estimate of drug-likeness (QED) is 0.787. The van der Waals surface area contributed by atoms with E-state index in [4.69, 9.17) is 14.2 Å². The van der Waals surface area contributed by atoms with Crippen LogP contribution in [0.1, 0.15) is 0 Å². The van der Waals surface area contributed by atoms with Gasteiger partial charge in [-0.3, -0.25) is 0 Å². The van der Waals surface area contributed by atoms with E-state index in [1.165, 1.54) is 7.11 Å². The molecule has 0 saturated heterocycles. The molecular formula is C11H12N2O3. The summed E-state index contributed by atoms with van der Waals surface area (Å²) < 4.78 is 15.3. The van der Waals surface area contributed by atoms with Crippen molar-refractivity contribution in [2.45, 2.75) is 0 Å². The average molecular weight is 220 g/mol. The second kappa shape index (κ2) is 4.22. The van der Waals surface area contributed by atoms with Crippen LogP contribution in [0.25, 0.3) is 10.9 Å². The zero-order chi connectivity index (χ0) is 11.5. The molecule has 0 aliphatic heterocycles. The molecule has 2 aromatic rings. The molecule has 0 aliphatic carbocycles. The SMILES string of the molecule is COc1ccc2nc(OC)nc(OC)c2c1. The Morgan fingerprint density at radius 3 is 2.38 bits per heavy atom. The zero-order valence-corrected chi connectivity index (χ0v) is 9.35. The summed E-state index contributed by atoms with van der Waals surface area (Å²) in [5.41, 5.74) is 0.754. The highest BCUT2D eigenvalue weighted by atomic mass is 16.5. The van der Waals surface area contributed by atoms with Crippen molar-refractivity contribution >= 4 is 10.9 Å². The highest BCUT2D eigenvalue weighted by molar-refractivity contribution is 5.85. The molecule has 0 spiro atoms. The first-order valence-electron chi connectivity index (χ1n) is 4.72. The van der Waals surface area contributed by atoms with E-state index in [0.29, 0.717) is 5.88 Å². The van der Waals surface area contributed by atoms with Crippen LogP contribution in [0.4, 0.5) is 0 Å². The van der Waals surface area contributed by atoms with E-state index in [9.17, 15) is 0 Å². The number of aromatic nitrogens is 2. The Morgan fingerprint density at radius 1 is 0.938 bits per heavy atom. The Kier molecular flexibility index (Phi) is 2.76. The lowest BCUT2D eigenvalue weighted by Gasteiger charge is -2.07. The zero-order valence-electron chi connectivity index (χ0n) is 9.35. The second-order valence-electron chi connectivity index (χ2n) is 3.10. The van der Waals surface area contributed by atoms with Gasteiger partial charge in [-0.25, -0.2) is 0 Å². The highest BCUT2D eigenvalue weighted by Crippen LogP contribution is 2.27. The normalized spacial score (nSPS) is 10.2. The van der Waals surface area contributed by atoms with Crippen LogP contribution in [0.3, 0.4) is 0 Å². The molecule has 1 aromatic heterocycles. The van der Waals surface area contributed by atoms with Gasteiger partial charge < -0.3 is 14.2 Å². The van der Waals surface area contributed by atoms with Gasteiger partial charge in [0.05, 0.1) is 32.2 Å². The monoisotopic (exact) mass is 220 g/mol. The van der Waals surface area contributed by atoms with Crippen molar-refractivity contribution in [1.29, 1.82) is 0 Å². The van der Waals surface area contributed by atoms with Crippen molar-refractivity contribution in [3.63, 3.8) is 0 Å². The van der Waals surface area contributed by atoms with Gasteiger partial charge in [-0.1, -0.05) is 0 Å². The van der Waals surface area contributed by atoms with Crippen molar-refractivity contribution in [3.8, 4) is 17.6 Å². The number of hydrogen-bond acceptors (Lipinski definition) is 5. The molecule has 0 N–H and O–H groups in total. The van der Waals surface area contributed by atoms with E-state index in [2.05, 4.69) is 9.97 Å². The van der Waals surface area contributed by atoms with E-state index in [0.717, 1.165) is 16.7 Å². The molecule has 16 heavy (non-hydrogen) atoms. The van der Waals surface area contributed by atoms with Gasteiger partial charge in [0.2, 0.25) is 5.88 Å². The van der Waals surface area contributed by atoms with Crippen molar-refractivity contribution in [1.82, 2.24) is 9.97 Å². The Labute approximate surface area is 93.0 Å². The second-order valence-corrected chi connectivity index (χ2v) is 3.10. The van der Waals surface area contributed by atoms with Crippen LogP contribution in [-0.2, 0) is 0 Å². The standard InChI is InChI=1S/C11H12N2O3/c1-14-7-4-5-9-8(6-7)10(15-2)13-11(12-9)16-3/h4-6H,1-3H3. The lowest BCUT2D eigenvalue weighted by Crippen LogP contribution is -1.97. The van der Waals surface area contributed by atoms with Crippen molar-refractivity contribution in [2.75, 3.05) is 21.3 Å². The number of fused-ring (bicyclic) bond motifs is 1. The third-order valence-corrected chi connectivity index (χ3v) is 2.22. The first-order chi connectivity index (χ1) is 7.78. The molecule has 5 nitrogen and oxygen atoms in total. The number of hydrogen-bond donors (Lipinski definition) is 0. The molecule has 2 rings (SSSR count). The molecule has 1 heterocycles. The maximum atomic E-state index is 5.18.